The third kappa shape index (κ3) is 4.81. The van der Waals surface area contributed by atoms with Crippen molar-refractivity contribution in [3.8, 4) is 17.1 Å². The van der Waals surface area contributed by atoms with Crippen LogP contribution in [0.5, 0.6) is 5.75 Å². The van der Waals surface area contributed by atoms with E-state index in [1.54, 1.807) is 6.92 Å². The van der Waals surface area contributed by atoms with Crippen molar-refractivity contribution in [3.63, 3.8) is 0 Å². The molecule has 1 unspecified atom stereocenters. The van der Waals surface area contributed by atoms with Gasteiger partial charge >= 0.3 is 5.97 Å². The van der Waals surface area contributed by atoms with Crippen molar-refractivity contribution in [1.82, 2.24) is 15.5 Å². The Morgan fingerprint density at radius 2 is 1.96 bits per heavy atom. The van der Waals surface area contributed by atoms with Crippen LogP contribution in [0.25, 0.3) is 11.4 Å². The van der Waals surface area contributed by atoms with E-state index in [9.17, 15) is 14.7 Å². The standard InChI is InChI=1S/C18H23N3O5/c1-4-18(3,17(23)24)20-14(22)10-11-15-19-16(21-26-15)12-6-8-13(9-7-12)25-5-2/h6-9H,4-5,10-11H2,1-3H3,(H,20,22)(H,23,24). The van der Waals surface area contributed by atoms with E-state index < -0.39 is 11.5 Å². The summed E-state index contributed by atoms with van der Waals surface area (Å²) in [5, 5.41) is 15.6. The van der Waals surface area contributed by atoms with Crippen LogP contribution in [0.15, 0.2) is 28.8 Å². The molecule has 2 rings (SSSR count). The van der Waals surface area contributed by atoms with E-state index in [2.05, 4.69) is 15.5 Å². The number of carbonyl (C=O) groups excluding carboxylic acids is 1. The van der Waals surface area contributed by atoms with Crippen LogP contribution in [-0.4, -0.2) is 39.3 Å². The van der Waals surface area contributed by atoms with Crippen molar-refractivity contribution >= 4 is 11.9 Å². The fraction of sp³-hybridized carbons (Fsp3) is 0.444. The van der Waals surface area contributed by atoms with E-state index in [1.807, 2.05) is 31.2 Å². The van der Waals surface area contributed by atoms with Crippen LogP contribution in [0.4, 0.5) is 0 Å². The van der Waals surface area contributed by atoms with Gasteiger partial charge in [-0.1, -0.05) is 12.1 Å². The van der Waals surface area contributed by atoms with Crippen LogP contribution in [0.3, 0.4) is 0 Å². The largest absolute Gasteiger partial charge is 0.494 e. The highest BCUT2D eigenvalue weighted by molar-refractivity contribution is 5.86. The number of ether oxygens (including phenoxy) is 1. The maximum absolute atomic E-state index is 12.0. The molecule has 0 fully saturated rings. The zero-order valence-corrected chi connectivity index (χ0v) is 15.1. The fourth-order valence-corrected chi connectivity index (χ4v) is 2.22. The number of amides is 1. The molecule has 1 atom stereocenters. The minimum absolute atomic E-state index is 0.0633. The topological polar surface area (TPSA) is 115 Å². The molecule has 1 aromatic heterocycles. The lowest BCUT2D eigenvalue weighted by atomic mass is 9.99. The molecular weight excluding hydrogens is 338 g/mol. The molecule has 140 valence electrons. The molecule has 0 saturated heterocycles. The van der Waals surface area contributed by atoms with E-state index in [0.29, 0.717) is 18.3 Å². The van der Waals surface area contributed by atoms with Crippen LogP contribution in [0, 0.1) is 0 Å². The number of carboxylic acids is 1. The van der Waals surface area contributed by atoms with Gasteiger partial charge in [-0.05, 0) is 44.5 Å². The second kappa shape index (κ2) is 8.46. The first-order chi connectivity index (χ1) is 12.4. The van der Waals surface area contributed by atoms with Gasteiger partial charge in [0.1, 0.15) is 11.3 Å². The molecule has 2 N–H and O–H groups in total. The smallest absolute Gasteiger partial charge is 0.329 e. The van der Waals surface area contributed by atoms with Gasteiger partial charge in [-0.15, -0.1) is 0 Å². The Kier molecular flexibility index (Phi) is 6.32. The summed E-state index contributed by atoms with van der Waals surface area (Å²) in [6, 6.07) is 7.29. The first-order valence-electron chi connectivity index (χ1n) is 8.48. The van der Waals surface area contributed by atoms with Crippen molar-refractivity contribution in [3.05, 3.63) is 30.2 Å². The number of benzene rings is 1. The predicted molar refractivity (Wildman–Crippen MR) is 93.7 cm³/mol. The first kappa shape index (κ1) is 19.4. The van der Waals surface area contributed by atoms with Crippen molar-refractivity contribution < 1.29 is 24.0 Å². The van der Waals surface area contributed by atoms with E-state index in [-0.39, 0.29) is 25.2 Å². The number of aromatic nitrogens is 2. The molecule has 0 spiro atoms. The van der Waals surface area contributed by atoms with E-state index in [1.165, 1.54) is 6.92 Å². The van der Waals surface area contributed by atoms with Crippen molar-refractivity contribution in [2.24, 2.45) is 0 Å². The van der Waals surface area contributed by atoms with E-state index in [0.717, 1.165) is 11.3 Å². The number of carbonyl (C=O) groups is 2. The highest BCUT2D eigenvalue weighted by Gasteiger charge is 2.32. The summed E-state index contributed by atoms with van der Waals surface area (Å²) in [5.74, 6) is 0.0560. The number of hydrogen-bond acceptors (Lipinski definition) is 6. The van der Waals surface area contributed by atoms with Gasteiger partial charge in [-0.25, -0.2) is 4.79 Å². The molecule has 0 aliphatic heterocycles. The Balaban J connectivity index is 1.94. The van der Waals surface area contributed by atoms with Gasteiger partial charge in [0.05, 0.1) is 6.61 Å². The number of rotatable bonds is 9. The molecule has 0 bridgehead atoms. The maximum Gasteiger partial charge on any atom is 0.329 e. The van der Waals surface area contributed by atoms with Gasteiger partial charge in [0.15, 0.2) is 0 Å². The van der Waals surface area contributed by atoms with Gasteiger partial charge in [0.2, 0.25) is 17.6 Å². The zero-order chi connectivity index (χ0) is 19.2. The monoisotopic (exact) mass is 361 g/mol. The minimum Gasteiger partial charge on any atom is -0.494 e. The highest BCUT2D eigenvalue weighted by Crippen LogP contribution is 2.20. The first-order valence-corrected chi connectivity index (χ1v) is 8.48. The Morgan fingerprint density at radius 3 is 2.54 bits per heavy atom. The second-order valence-electron chi connectivity index (χ2n) is 6.01. The lowest BCUT2D eigenvalue weighted by Gasteiger charge is -2.24. The summed E-state index contributed by atoms with van der Waals surface area (Å²) in [5.41, 5.74) is -0.503. The Hall–Kier alpha value is -2.90. The summed E-state index contributed by atoms with van der Waals surface area (Å²) in [7, 11) is 0. The summed E-state index contributed by atoms with van der Waals surface area (Å²) in [6.07, 6.45) is 0.583. The highest BCUT2D eigenvalue weighted by atomic mass is 16.5. The Bertz CT molecular complexity index is 756. The normalized spacial score (nSPS) is 13.0. The Morgan fingerprint density at radius 1 is 1.27 bits per heavy atom. The van der Waals surface area contributed by atoms with Gasteiger partial charge in [0.25, 0.3) is 0 Å². The number of nitrogens with zero attached hydrogens (tertiary/aromatic N) is 2. The van der Waals surface area contributed by atoms with Gasteiger partial charge in [-0.2, -0.15) is 4.98 Å². The molecule has 0 radical (unpaired) electrons. The summed E-state index contributed by atoms with van der Waals surface area (Å²) in [6.45, 7) is 5.68. The number of hydrogen-bond donors (Lipinski definition) is 2. The average Bonchev–Trinajstić information content (AvgIpc) is 3.09. The van der Waals surface area contributed by atoms with E-state index >= 15 is 0 Å². The number of aryl methyl sites for hydroxylation is 1. The van der Waals surface area contributed by atoms with Crippen LogP contribution in [0.1, 0.15) is 39.5 Å². The summed E-state index contributed by atoms with van der Waals surface area (Å²) < 4.78 is 10.5. The fourth-order valence-electron chi connectivity index (χ4n) is 2.22. The summed E-state index contributed by atoms with van der Waals surface area (Å²) >= 11 is 0. The van der Waals surface area contributed by atoms with Crippen molar-refractivity contribution in [1.29, 1.82) is 0 Å². The Labute approximate surface area is 151 Å². The molecular formula is C18H23N3O5. The minimum atomic E-state index is -1.28. The second-order valence-corrected chi connectivity index (χ2v) is 6.01. The van der Waals surface area contributed by atoms with Crippen LogP contribution >= 0.6 is 0 Å². The molecule has 8 heteroatoms. The third-order valence-corrected chi connectivity index (χ3v) is 4.05. The molecule has 0 aliphatic rings. The lowest BCUT2D eigenvalue weighted by molar-refractivity contribution is -0.147. The van der Waals surface area contributed by atoms with Crippen LogP contribution < -0.4 is 10.1 Å². The van der Waals surface area contributed by atoms with Gasteiger partial charge < -0.3 is 19.7 Å². The number of nitrogens with one attached hydrogen (secondary N) is 1. The maximum atomic E-state index is 12.0. The van der Waals surface area contributed by atoms with Gasteiger partial charge in [-0.3, -0.25) is 4.79 Å². The SMILES string of the molecule is CCOc1ccc(-c2noc(CCC(=O)NC(C)(CC)C(=O)O)n2)cc1. The molecule has 1 heterocycles. The van der Waals surface area contributed by atoms with E-state index in [4.69, 9.17) is 9.26 Å². The molecule has 8 nitrogen and oxygen atoms in total. The third-order valence-electron chi connectivity index (χ3n) is 4.05. The molecule has 1 aromatic carbocycles. The lowest BCUT2D eigenvalue weighted by Crippen LogP contribution is -2.51. The average molecular weight is 361 g/mol. The molecule has 2 aromatic rings. The molecule has 0 saturated carbocycles. The van der Waals surface area contributed by atoms with Crippen molar-refractivity contribution in [2.45, 2.75) is 45.6 Å². The van der Waals surface area contributed by atoms with Crippen LogP contribution in [-0.2, 0) is 16.0 Å². The van der Waals surface area contributed by atoms with Gasteiger partial charge in [0, 0.05) is 18.4 Å². The molecule has 1 amide bonds. The zero-order valence-electron chi connectivity index (χ0n) is 15.1. The summed E-state index contributed by atoms with van der Waals surface area (Å²) in [4.78, 5) is 27.5. The quantitative estimate of drug-likeness (QED) is 0.705. The number of carboxylic acid groups (broad SMARTS) is 1. The number of aliphatic carboxylic acids is 1. The molecule has 26 heavy (non-hydrogen) atoms. The van der Waals surface area contributed by atoms with Crippen LogP contribution in [0.2, 0.25) is 0 Å². The van der Waals surface area contributed by atoms with Crippen molar-refractivity contribution in [2.75, 3.05) is 6.61 Å². The predicted octanol–water partition coefficient (Wildman–Crippen LogP) is 2.44. The molecule has 0 aliphatic carbocycles.